The van der Waals surface area contributed by atoms with Crippen molar-refractivity contribution in [1.29, 1.82) is 0 Å². The molecule has 1 aliphatic rings. The van der Waals surface area contributed by atoms with Crippen molar-refractivity contribution in [3.63, 3.8) is 0 Å². The molecule has 1 fully saturated rings. The van der Waals surface area contributed by atoms with Gasteiger partial charge in [0.2, 0.25) is 5.60 Å². The van der Waals surface area contributed by atoms with Gasteiger partial charge in [-0.25, -0.2) is 8.78 Å². The number of halogens is 11. The van der Waals surface area contributed by atoms with Crippen molar-refractivity contribution in [3.05, 3.63) is 83.1 Å². The van der Waals surface area contributed by atoms with Crippen LogP contribution in [0.4, 0.5) is 48.3 Å². The van der Waals surface area contributed by atoms with Gasteiger partial charge >= 0.3 is 24.3 Å². The lowest BCUT2D eigenvalue weighted by Crippen LogP contribution is -2.49. The zero-order valence-electron chi connectivity index (χ0n) is 15.2. The summed E-state index contributed by atoms with van der Waals surface area (Å²) in [6.45, 7) is 0. The van der Waals surface area contributed by atoms with E-state index < -0.39 is 64.5 Å². The molecule has 2 aromatic carbocycles. The maximum atomic E-state index is 14.2. The summed E-state index contributed by atoms with van der Waals surface area (Å²) in [4.78, 5) is 0. The van der Waals surface area contributed by atoms with E-state index in [1.54, 1.807) is 0 Å². The van der Waals surface area contributed by atoms with Crippen LogP contribution in [0.25, 0.3) is 0 Å². The third-order valence-corrected chi connectivity index (χ3v) is 4.44. The third-order valence-electron chi connectivity index (χ3n) is 4.44. The number of alkyl halides is 9. The first-order chi connectivity index (χ1) is 14.5. The van der Waals surface area contributed by atoms with Crippen LogP contribution in [-0.4, -0.2) is 18.5 Å². The first-order valence-electron chi connectivity index (χ1n) is 8.37. The summed E-state index contributed by atoms with van der Waals surface area (Å²) in [5.74, 6) is -8.89. The Balaban J connectivity index is 2.40. The molecule has 0 saturated carbocycles. The highest BCUT2D eigenvalue weighted by Crippen LogP contribution is 2.62. The zero-order valence-corrected chi connectivity index (χ0v) is 15.2. The maximum absolute atomic E-state index is 14.2. The van der Waals surface area contributed by atoms with Crippen LogP contribution in [0.1, 0.15) is 11.1 Å². The fourth-order valence-corrected chi connectivity index (χ4v) is 3.11. The predicted molar refractivity (Wildman–Crippen MR) is 84.6 cm³/mol. The largest absolute Gasteiger partial charge is 0.460 e. The third kappa shape index (κ3) is 3.89. The molecule has 0 bridgehead atoms. The van der Waals surface area contributed by atoms with Gasteiger partial charge < -0.3 is 9.47 Å². The summed E-state index contributed by atoms with van der Waals surface area (Å²) >= 11 is 0. The SMILES string of the molecule is Fc1ccc(C2(C(F)(F)F)O/C(=C\C(F)(F)F)C(c3ccc(F)cc3)(C(F)(F)F)O2)cc1. The van der Waals surface area contributed by atoms with Crippen molar-refractivity contribution in [1.82, 2.24) is 0 Å². The molecule has 2 aromatic rings. The fraction of sp³-hybridized carbons (Fsp3) is 0.263. The monoisotopic (exact) mass is 478 g/mol. The van der Waals surface area contributed by atoms with Crippen LogP contribution in [0.3, 0.4) is 0 Å². The number of ether oxygens (including phenoxy) is 2. The Labute approximate surface area is 171 Å². The Morgan fingerprint density at radius 1 is 0.625 bits per heavy atom. The second-order valence-corrected chi connectivity index (χ2v) is 6.56. The Bertz CT molecular complexity index is 1000. The minimum Gasteiger partial charge on any atom is -0.450 e. The van der Waals surface area contributed by atoms with Crippen molar-refractivity contribution < 1.29 is 57.8 Å². The van der Waals surface area contributed by atoms with Crippen molar-refractivity contribution in [2.24, 2.45) is 0 Å². The van der Waals surface area contributed by atoms with Crippen LogP contribution in [0.2, 0.25) is 0 Å². The van der Waals surface area contributed by atoms with Gasteiger partial charge in [0.15, 0.2) is 5.76 Å². The smallest absolute Gasteiger partial charge is 0.450 e. The van der Waals surface area contributed by atoms with Gasteiger partial charge in [0.1, 0.15) is 11.6 Å². The molecule has 0 aliphatic carbocycles. The second-order valence-electron chi connectivity index (χ2n) is 6.56. The van der Waals surface area contributed by atoms with Crippen molar-refractivity contribution >= 4 is 0 Å². The zero-order chi connectivity index (χ0) is 24.2. The molecule has 2 atom stereocenters. The number of rotatable bonds is 2. The quantitative estimate of drug-likeness (QED) is 0.452. The van der Waals surface area contributed by atoms with E-state index in [0.717, 1.165) is 0 Å². The molecule has 0 spiro atoms. The van der Waals surface area contributed by atoms with Gasteiger partial charge in [-0.1, -0.05) is 12.1 Å². The molecule has 0 aromatic heterocycles. The first kappa shape index (κ1) is 23.8. The molecule has 0 amide bonds. The standard InChI is InChI=1S/C19H9F11O2/c20-12-5-1-10(2-6-12)16(18(25,26)27)14(9-15(22,23)24)31-17(32-16,19(28,29)30)11-3-7-13(21)8-4-11/h1-9H/b14-9-. The molecule has 1 saturated heterocycles. The molecule has 174 valence electrons. The highest BCUT2D eigenvalue weighted by molar-refractivity contribution is 5.39. The van der Waals surface area contributed by atoms with Gasteiger partial charge in [0, 0.05) is 11.1 Å². The molecule has 1 heterocycles. The lowest BCUT2D eigenvalue weighted by Gasteiger charge is -2.34. The molecule has 32 heavy (non-hydrogen) atoms. The average molecular weight is 478 g/mol. The summed E-state index contributed by atoms with van der Waals surface area (Å²) in [5.41, 5.74) is -7.00. The molecular weight excluding hydrogens is 469 g/mol. The summed E-state index contributed by atoms with van der Waals surface area (Å²) in [6, 6.07) is 2.96. The van der Waals surface area contributed by atoms with Crippen LogP contribution in [-0.2, 0) is 20.9 Å². The minimum absolute atomic E-state index is 0.313. The van der Waals surface area contributed by atoms with Crippen LogP contribution in [0.15, 0.2) is 60.4 Å². The Morgan fingerprint density at radius 2 is 1.06 bits per heavy atom. The van der Waals surface area contributed by atoms with Crippen LogP contribution < -0.4 is 0 Å². The van der Waals surface area contributed by atoms with E-state index in [2.05, 4.69) is 9.47 Å². The Morgan fingerprint density at radius 3 is 1.44 bits per heavy atom. The van der Waals surface area contributed by atoms with E-state index in [9.17, 15) is 48.3 Å². The van der Waals surface area contributed by atoms with Crippen molar-refractivity contribution in [2.75, 3.05) is 0 Å². The van der Waals surface area contributed by atoms with E-state index in [1.807, 2.05) is 0 Å². The topological polar surface area (TPSA) is 18.5 Å². The number of hydrogen-bond donors (Lipinski definition) is 0. The average Bonchev–Trinajstić information content (AvgIpc) is 2.98. The Kier molecular flexibility index (Phi) is 5.48. The van der Waals surface area contributed by atoms with Gasteiger partial charge in [-0.15, -0.1) is 0 Å². The molecule has 2 nitrogen and oxygen atoms in total. The lowest BCUT2D eigenvalue weighted by molar-refractivity contribution is -0.386. The summed E-state index contributed by atoms with van der Waals surface area (Å²) in [7, 11) is 0. The molecule has 2 unspecified atom stereocenters. The number of allylic oxidation sites excluding steroid dienone is 1. The van der Waals surface area contributed by atoms with E-state index in [4.69, 9.17) is 0 Å². The second kappa shape index (κ2) is 7.36. The van der Waals surface area contributed by atoms with Crippen molar-refractivity contribution in [3.8, 4) is 0 Å². The van der Waals surface area contributed by atoms with Gasteiger partial charge in [-0.2, -0.15) is 39.5 Å². The van der Waals surface area contributed by atoms with Crippen LogP contribution in [0, 0.1) is 11.6 Å². The van der Waals surface area contributed by atoms with Gasteiger partial charge in [0.25, 0.3) is 0 Å². The fourth-order valence-electron chi connectivity index (χ4n) is 3.11. The predicted octanol–water partition coefficient (Wildman–Crippen LogP) is 6.63. The molecule has 0 N–H and O–H groups in total. The highest BCUT2D eigenvalue weighted by Gasteiger charge is 2.77. The number of benzene rings is 2. The molecule has 3 rings (SSSR count). The lowest BCUT2D eigenvalue weighted by atomic mass is 9.90. The summed E-state index contributed by atoms with van der Waals surface area (Å²) in [6.07, 6.45) is -18.5. The highest BCUT2D eigenvalue weighted by atomic mass is 19.4. The molecular formula is C19H9F11O2. The maximum Gasteiger partial charge on any atom is 0.460 e. The van der Waals surface area contributed by atoms with Crippen LogP contribution in [0.5, 0.6) is 0 Å². The molecule has 0 radical (unpaired) electrons. The number of hydrogen-bond acceptors (Lipinski definition) is 2. The van der Waals surface area contributed by atoms with E-state index in [1.165, 1.54) is 0 Å². The summed E-state index contributed by atoms with van der Waals surface area (Å²) < 4.78 is 159. The normalized spacial score (nSPS) is 25.8. The van der Waals surface area contributed by atoms with Crippen molar-refractivity contribution in [2.45, 2.75) is 29.9 Å². The summed E-state index contributed by atoms with van der Waals surface area (Å²) in [5, 5.41) is 0. The van der Waals surface area contributed by atoms with E-state index in [-0.39, 0.29) is 0 Å². The van der Waals surface area contributed by atoms with Gasteiger partial charge in [-0.3, -0.25) is 0 Å². The first-order valence-corrected chi connectivity index (χ1v) is 8.37. The van der Waals surface area contributed by atoms with E-state index >= 15 is 0 Å². The van der Waals surface area contributed by atoms with Gasteiger partial charge in [0.05, 0.1) is 6.08 Å². The molecule has 13 heteroatoms. The Hall–Kier alpha value is -2.83. The van der Waals surface area contributed by atoms with E-state index in [0.29, 0.717) is 48.5 Å². The van der Waals surface area contributed by atoms with Crippen LogP contribution >= 0.6 is 0 Å². The molecule has 1 aliphatic heterocycles. The van der Waals surface area contributed by atoms with Gasteiger partial charge in [-0.05, 0) is 36.4 Å². The minimum atomic E-state index is -5.95.